The van der Waals surface area contributed by atoms with Crippen molar-refractivity contribution in [1.82, 2.24) is 0 Å². The zero-order valence-corrected chi connectivity index (χ0v) is 8.23. The Morgan fingerprint density at radius 2 is 1.28 bits per heavy atom. The minimum atomic E-state index is -5.30. The summed E-state index contributed by atoms with van der Waals surface area (Å²) in [5.41, 5.74) is -5.31. The topological polar surface area (TPSA) is 57.5 Å². The summed E-state index contributed by atoms with van der Waals surface area (Å²) in [6.07, 6.45) is -10.6. The van der Waals surface area contributed by atoms with Crippen LogP contribution in [0.25, 0.3) is 0 Å². The number of halogens is 6. The summed E-state index contributed by atoms with van der Waals surface area (Å²) in [7, 11) is 0. The Morgan fingerprint density at radius 1 is 0.944 bits per heavy atom. The maximum Gasteiger partial charge on any atom is 0.419 e. The van der Waals surface area contributed by atoms with E-state index < -0.39 is 40.8 Å². The van der Waals surface area contributed by atoms with Gasteiger partial charge >= 0.3 is 18.3 Å². The number of alkyl halides is 6. The van der Waals surface area contributed by atoms with E-state index in [1.54, 1.807) is 0 Å². The Kier molecular flexibility index (Phi) is 3.20. The number of aromatic hydroxyl groups is 1. The first-order chi connectivity index (χ1) is 7.94. The first-order valence-corrected chi connectivity index (χ1v) is 4.19. The molecular weight excluding hydrogens is 270 g/mol. The zero-order chi connectivity index (χ0) is 14.3. The van der Waals surface area contributed by atoms with Crippen molar-refractivity contribution in [3.63, 3.8) is 0 Å². The SMILES string of the molecule is O=C(O)c1cc(C(F)(F)F)c(O)c(C(F)(F)F)c1. The van der Waals surface area contributed by atoms with E-state index in [4.69, 9.17) is 10.2 Å². The summed E-state index contributed by atoms with van der Waals surface area (Å²) in [4.78, 5) is 10.5. The van der Waals surface area contributed by atoms with Crippen molar-refractivity contribution in [2.75, 3.05) is 0 Å². The average molecular weight is 274 g/mol. The van der Waals surface area contributed by atoms with Crippen molar-refractivity contribution in [2.24, 2.45) is 0 Å². The number of phenols is 1. The van der Waals surface area contributed by atoms with Crippen molar-refractivity contribution in [3.8, 4) is 5.75 Å². The highest BCUT2D eigenvalue weighted by molar-refractivity contribution is 5.88. The average Bonchev–Trinajstić information content (AvgIpc) is 2.13. The molecule has 0 fully saturated rings. The highest BCUT2D eigenvalue weighted by Crippen LogP contribution is 2.44. The van der Waals surface area contributed by atoms with Crippen LogP contribution in [0.5, 0.6) is 5.75 Å². The Hall–Kier alpha value is -1.93. The van der Waals surface area contributed by atoms with Crippen LogP contribution in [-0.4, -0.2) is 16.2 Å². The lowest BCUT2D eigenvalue weighted by molar-refractivity contribution is -0.145. The van der Waals surface area contributed by atoms with E-state index in [1.165, 1.54) is 0 Å². The number of aromatic carboxylic acids is 1. The van der Waals surface area contributed by atoms with Gasteiger partial charge in [0.1, 0.15) is 5.75 Å². The van der Waals surface area contributed by atoms with Crippen molar-refractivity contribution < 1.29 is 41.4 Å². The summed E-state index contributed by atoms with van der Waals surface area (Å²) in [6.45, 7) is 0. The van der Waals surface area contributed by atoms with Crippen LogP contribution < -0.4 is 0 Å². The molecule has 0 aliphatic heterocycles. The fraction of sp³-hybridized carbons (Fsp3) is 0.222. The van der Waals surface area contributed by atoms with E-state index >= 15 is 0 Å². The van der Waals surface area contributed by atoms with Crippen molar-refractivity contribution in [1.29, 1.82) is 0 Å². The van der Waals surface area contributed by atoms with Gasteiger partial charge in [0.25, 0.3) is 0 Å². The second-order valence-corrected chi connectivity index (χ2v) is 3.22. The smallest absolute Gasteiger partial charge is 0.419 e. The molecule has 1 aromatic carbocycles. The maximum absolute atomic E-state index is 12.3. The Bertz CT molecular complexity index is 453. The fourth-order valence-corrected chi connectivity index (χ4v) is 1.19. The van der Waals surface area contributed by atoms with E-state index in [9.17, 15) is 31.1 Å². The third-order valence-electron chi connectivity index (χ3n) is 1.97. The molecule has 1 rings (SSSR count). The Balaban J connectivity index is 3.64. The van der Waals surface area contributed by atoms with Gasteiger partial charge in [0.15, 0.2) is 0 Å². The third kappa shape index (κ3) is 2.66. The van der Waals surface area contributed by atoms with Crippen LogP contribution in [0.2, 0.25) is 0 Å². The first-order valence-electron chi connectivity index (χ1n) is 4.19. The van der Waals surface area contributed by atoms with Gasteiger partial charge in [-0.3, -0.25) is 0 Å². The molecule has 0 aliphatic carbocycles. The molecule has 18 heavy (non-hydrogen) atoms. The maximum atomic E-state index is 12.3. The van der Waals surface area contributed by atoms with E-state index in [0.717, 1.165) is 0 Å². The lowest BCUT2D eigenvalue weighted by Crippen LogP contribution is -2.14. The summed E-state index contributed by atoms with van der Waals surface area (Å²) in [5, 5.41) is 17.4. The third-order valence-corrected chi connectivity index (χ3v) is 1.97. The Morgan fingerprint density at radius 3 is 1.50 bits per heavy atom. The van der Waals surface area contributed by atoms with E-state index in [2.05, 4.69) is 0 Å². The summed E-state index contributed by atoms with van der Waals surface area (Å²) >= 11 is 0. The molecule has 0 unspecified atom stereocenters. The molecule has 0 saturated heterocycles. The molecule has 2 N–H and O–H groups in total. The molecule has 0 bridgehead atoms. The fourth-order valence-electron chi connectivity index (χ4n) is 1.19. The van der Waals surface area contributed by atoms with E-state index in [0.29, 0.717) is 0 Å². The monoisotopic (exact) mass is 274 g/mol. The van der Waals surface area contributed by atoms with Crippen molar-refractivity contribution in [3.05, 3.63) is 28.8 Å². The van der Waals surface area contributed by atoms with E-state index in [-0.39, 0.29) is 12.1 Å². The highest BCUT2D eigenvalue weighted by atomic mass is 19.4. The van der Waals surface area contributed by atoms with Crippen LogP contribution in [0.4, 0.5) is 26.3 Å². The predicted octanol–water partition coefficient (Wildman–Crippen LogP) is 3.13. The number of rotatable bonds is 1. The van der Waals surface area contributed by atoms with Crippen LogP contribution in [0.3, 0.4) is 0 Å². The number of hydrogen-bond acceptors (Lipinski definition) is 2. The molecule has 0 amide bonds. The summed E-state index contributed by atoms with van der Waals surface area (Å²) in [6, 6.07) is -0.125. The Labute approximate surface area is 95.3 Å². The predicted molar refractivity (Wildman–Crippen MR) is 45.1 cm³/mol. The number of carbonyl (C=O) groups is 1. The van der Waals surface area contributed by atoms with Gasteiger partial charge in [0.05, 0.1) is 16.7 Å². The quantitative estimate of drug-likeness (QED) is 0.773. The van der Waals surface area contributed by atoms with Crippen LogP contribution in [0.1, 0.15) is 21.5 Å². The molecule has 0 heterocycles. The number of carboxylic acid groups (broad SMARTS) is 1. The largest absolute Gasteiger partial charge is 0.507 e. The van der Waals surface area contributed by atoms with Gasteiger partial charge in [0, 0.05) is 0 Å². The van der Waals surface area contributed by atoms with Crippen LogP contribution in [0, 0.1) is 0 Å². The molecule has 9 heteroatoms. The van der Waals surface area contributed by atoms with E-state index in [1.807, 2.05) is 0 Å². The second-order valence-electron chi connectivity index (χ2n) is 3.22. The molecule has 0 saturated carbocycles. The van der Waals surface area contributed by atoms with Crippen molar-refractivity contribution >= 4 is 5.97 Å². The first kappa shape index (κ1) is 14.1. The molecule has 0 aromatic heterocycles. The minimum absolute atomic E-state index is 0.0626. The van der Waals surface area contributed by atoms with Crippen molar-refractivity contribution in [2.45, 2.75) is 12.4 Å². The number of hydrogen-bond donors (Lipinski definition) is 2. The molecule has 0 radical (unpaired) electrons. The van der Waals surface area contributed by atoms with Crippen LogP contribution >= 0.6 is 0 Å². The van der Waals surface area contributed by atoms with Crippen LogP contribution in [0.15, 0.2) is 12.1 Å². The lowest BCUT2D eigenvalue weighted by atomic mass is 10.0. The molecule has 0 spiro atoms. The standard InChI is InChI=1S/C9H4F6O3/c10-8(11,12)4-1-3(7(17)18)2-5(6(4)16)9(13,14)15/h1-2,16H,(H,17,18). The van der Waals surface area contributed by atoms with Gasteiger partial charge < -0.3 is 10.2 Å². The molecule has 1 aromatic rings. The van der Waals surface area contributed by atoms with Gasteiger partial charge in [-0.2, -0.15) is 26.3 Å². The zero-order valence-electron chi connectivity index (χ0n) is 8.23. The molecule has 0 atom stereocenters. The second kappa shape index (κ2) is 4.07. The number of benzene rings is 1. The molecule has 100 valence electrons. The number of carboxylic acids is 1. The molecule has 3 nitrogen and oxygen atoms in total. The highest BCUT2D eigenvalue weighted by Gasteiger charge is 2.42. The van der Waals surface area contributed by atoms with Gasteiger partial charge in [-0.25, -0.2) is 4.79 Å². The summed E-state index contributed by atoms with van der Waals surface area (Å²) in [5.74, 6) is -4.01. The van der Waals surface area contributed by atoms with Gasteiger partial charge in [-0.1, -0.05) is 0 Å². The lowest BCUT2D eigenvalue weighted by Gasteiger charge is -2.15. The molecular formula is C9H4F6O3. The van der Waals surface area contributed by atoms with Crippen LogP contribution in [-0.2, 0) is 12.4 Å². The van der Waals surface area contributed by atoms with Gasteiger partial charge in [0.2, 0.25) is 0 Å². The number of phenolic OH excluding ortho intramolecular Hbond substituents is 1. The normalized spacial score (nSPS) is 12.6. The minimum Gasteiger partial charge on any atom is -0.507 e. The van der Waals surface area contributed by atoms with Gasteiger partial charge in [-0.05, 0) is 12.1 Å². The molecule has 0 aliphatic rings. The van der Waals surface area contributed by atoms with Gasteiger partial charge in [-0.15, -0.1) is 0 Å². The summed E-state index contributed by atoms with van der Waals surface area (Å²) < 4.78 is 74.0.